The summed E-state index contributed by atoms with van der Waals surface area (Å²) in [5.41, 5.74) is 0.515. The van der Waals surface area contributed by atoms with E-state index in [0.717, 1.165) is 23.3 Å². The molecule has 0 aromatic carbocycles. The molecular formula is C12H16O2S. The van der Waals surface area contributed by atoms with Crippen LogP contribution in [-0.4, -0.2) is 18.0 Å². The third-order valence-corrected chi connectivity index (χ3v) is 4.10. The van der Waals surface area contributed by atoms with Gasteiger partial charge in [0.05, 0.1) is 4.88 Å². The van der Waals surface area contributed by atoms with Gasteiger partial charge in [-0.25, -0.2) is 0 Å². The molecule has 0 N–H and O–H groups in total. The van der Waals surface area contributed by atoms with E-state index in [1.165, 1.54) is 4.88 Å². The highest BCUT2D eigenvalue weighted by Gasteiger charge is 2.39. The van der Waals surface area contributed by atoms with Gasteiger partial charge in [0.25, 0.3) is 0 Å². The van der Waals surface area contributed by atoms with E-state index in [2.05, 4.69) is 6.07 Å². The fourth-order valence-electron chi connectivity index (χ4n) is 2.07. The Balaban J connectivity index is 2.31. The maximum atomic E-state index is 12.3. The first-order valence-electron chi connectivity index (χ1n) is 5.29. The molecule has 1 atom stereocenters. The molecule has 15 heavy (non-hydrogen) atoms. The van der Waals surface area contributed by atoms with Gasteiger partial charge in [-0.15, -0.1) is 11.3 Å². The molecule has 1 unspecified atom stereocenters. The number of hydrogen-bond donors (Lipinski definition) is 0. The highest BCUT2D eigenvalue weighted by molar-refractivity contribution is 7.14. The molecule has 1 saturated heterocycles. The van der Waals surface area contributed by atoms with Crippen molar-refractivity contribution in [3.63, 3.8) is 0 Å². The Kier molecular flexibility index (Phi) is 2.69. The first-order valence-corrected chi connectivity index (χ1v) is 6.10. The molecule has 82 valence electrons. The summed E-state index contributed by atoms with van der Waals surface area (Å²) in [5, 5.41) is 0. The third kappa shape index (κ3) is 1.86. The molecule has 1 fully saturated rings. The molecule has 1 aliphatic heterocycles. The van der Waals surface area contributed by atoms with Gasteiger partial charge in [0.1, 0.15) is 5.60 Å². The molecule has 0 radical (unpaired) electrons. The standard InChI is InChI=1S/C12H16O2S/c1-8-7-9(2)15-10(8)11(13)12(3)5-4-6-14-12/h7H,4-6H2,1-3H3. The van der Waals surface area contributed by atoms with E-state index >= 15 is 0 Å². The van der Waals surface area contributed by atoms with E-state index in [1.54, 1.807) is 11.3 Å². The molecule has 2 nitrogen and oxygen atoms in total. The van der Waals surface area contributed by atoms with Crippen molar-refractivity contribution in [1.82, 2.24) is 0 Å². The van der Waals surface area contributed by atoms with Gasteiger partial charge in [0.15, 0.2) is 0 Å². The lowest BCUT2D eigenvalue weighted by molar-refractivity contribution is 0.0217. The van der Waals surface area contributed by atoms with Crippen LogP contribution in [0.4, 0.5) is 0 Å². The molecule has 1 aromatic rings. The lowest BCUT2D eigenvalue weighted by Gasteiger charge is -2.20. The number of ether oxygens (including phenoxy) is 1. The number of Topliss-reactive ketones (excluding diaryl/α,β-unsaturated/α-hetero) is 1. The number of hydrogen-bond acceptors (Lipinski definition) is 3. The van der Waals surface area contributed by atoms with Gasteiger partial charge < -0.3 is 4.74 Å². The molecule has 0 amide bonds. The summed E-state index contributed by atoms with van der Waals surface area (Å²) in [6.45, 7) is 6.66. The number of carbonyl (C=O) groups excluding carboxylic acids is 1. The van der Waals surface area contributed by atoms with Crippen LogP contribution < -0.4 is 0 Å². The smallest absolute Gasteiger partial charge is 0.204 e. The van der Waals surface area contributed by atoms with E-state index in [1.807, 2.05) is 20.8 Å². The van der Waals surface area contributed by atoms with Gasteiger partial charge in [-0.2, -0.15) is 0 Å². The van der Waals surface area contributed by atoms with Crippen LogP contribution in [0, 0.1) is 13.8 Å². The van der Waals surface area contributed by atoms with Crippen molar-refractivity contribution in [3.05, 3.63) is 21.4 Å². The van der Waals surface area contributed by atoms with Gasteiger partial charge in [-0.1, -0.05) is 0 Å². The van der Waals surface area contributed by atoms with Gasteiger partial charge >= 0.3 is 0 Å². The quantitative estimate of drug-likeness (QED) is 0.721. The summed E-state index contributed by atoms with van der Waals surface area (Å²) >= 11 is 1.58. The number of rotatable bonds is 2. The summed E-state index contributed by atoms with van der Waals surface area (Å²) < 4.78 is 5.58. The highest BCUT2D eigenvalue weighted by atomic mass is 32.1. The number of ketones is 1. The van der Waals surface area contributed by atoms with Crippen molar-refractivity contribution in [1.29, 1.82) is 0 Å². The Morgan fingerprint density at radius 1 is 1.53 bits per heavy atom. The zero-order chi connectivity index (χ0) is 11.1. The highest BCUT2D eigenvalue weighted by Crippen LogP contribution is 2.33. The van der Waals surface area contributed by atoms with Crippen molar-refractivity contribution in [3.8, 4) is 0 Å². The van der Waals surface area contributed by atoms with E-state index < -0.39 is 5.60 Å². The molecule has 0 aliphatic carbocycles. The predicted octanol–water partition coefficient (Wildman–Crippen LogP) is 3.12. The third-order valence-electron chi connectivity index (χ3n) is 2.95. The van der Waals surface area contributed by atoms with Crippen LogP contribution in [0.15, 0.2) is 6.07 Å². The van der Waals surface area contributed by atoms with E-state index in [0.29, 0.717) is 6.61 Å². The zero-order valence-corrected chi connectivity index (χ0v) is 10.2. The minimum absolute atomic E-state index is 0.163. The Labute approximate surface area is 94.3 Å². The lowest BCUT2D eigenvalue weighted by atomic mass is 9.95. The van der Waals surface area contributed by atoms with Gasteiger partial charge in [-0.05, 0) is 45.2 Å². The molecule has 2 heterocycles. The topological polar surface area (TPSA) is 26.3 Å². The first kappa shape index (κ1) is 10.8. The maximum absolute atomic E-state index is 12.3. The minimum Gasteiger partial charge on any atom is -0.367 e. The number of carbonyl (C=O) groups is 1. The summed E-state index contributed by atoms with van der Waals surface area (Å²) in [6.07, 6.45) is 1.84. The summed E-state index contributed by atoms with van der Waals surface area (Å²) in [7, 11) is 0. The second-order valence-corrected chi connectivity index (χ2v) is 5.64. The van der Waals surface area contributed by atoms with Crippen LogP contribution in [-0.2, 0) is 4.74 Å². The lowest BCUT2D eigenvalue weighted by Crippen LogP contribution is -2.34. The van der Waals surface area contributed by atoms with Crippen LogP contribution >= 0.6 is 11.3 Å². The van der Waals surface area contributed by atoms with Crippen molar-refractivity contribution < 1.29 is 9.53 Å². The van der Waals surface area contributed by atoms with Crippen LogP contribution in [0.1, 0.15) is 39.9 Å². The van der Waals surface area contributed by atoms with Crippen LogP contribution in [0.3, 0.4) is 0 Å². The molecular weight excluding hydrogens is 208 g/mol. The second kappa shape index (κ2) is 3.72. The molecule has 0 bridgehead atoms. The van der Waals surface area contributed by atoms with Crippen LogP contribution in [0.2, 0.25) is 0 Å². The van der Waals surface area contributed by atoms with Gasteiger partial charge in [0.2, 0.25) is 5.78 Å². The molecule has 0 saturated carbocycles. The molecule has 2 rings (SSSR count). The fraction of sp³-hybridized carbons (Fsp3) is 0.583. The average molecular weight is 224 g/mol. The normalized spacial score (nSPS) is 25.8. The Bertz CT molecular complexity index is 386. The number of thiophene rings is 1. The monoisotopic (exact) mass is 224 g/mol. The van der Waals surface area contributed by atoms with Crippen molar-refractivity contribution in [2.45, 2.75) is 39.2 Å². The Morgan fingerprint density at radius 2 is 2.27 bits per heavy atom. The van der Waals surface area contributed by atoms with E-state index in [-0.39, 0.29) is 5.78 Å². The molecule has 0 spiro atoms. The predicted molar refractivity (Wildman–Crippen MR) is 61.7 cm³/mol. The Morgan fingerprint density at radius 3 is 2.73 bits per heavy atom. The van der Waals surface area contributed by atoms with Crippen molar-refractivity contribution in [2.75, 3.05) is 6.61 Å². The van der Waals surface area contributed by atoms with Gasteiger partial charge in [-0.3, -0.25) is 4.79 Å². The summed E-state index contributed by atoms with van der Waals surface area (Å²) in [4.78, 5) is 14.4. The van der Waals surface area contributed by atoms with E-state index in [9.17, 15) is 4.79 Å². The maximum Gasteiger partial charge on any atom is 0.204 e. The van der Waals surface area contributed by atoms with Crippen LogP contribution in [0.25, 0.3) is 0 Å². The van der Waals surface area contributed by atoms with E-state index in [4.69, 9.17) is 4.74 Å². The summed E-state index contributed by atoms with van der Waals surface area (Å²) in [5.74, 6) is 0.163. The molecule has 1 aromatic heterocycles. The molecule has 3 heteroatoms. The SMILES string of the molecule is Cc1cc(C)c(C(=O)C2(C)CCCO2)s1. The minimum atomic E-state index is -0.567. The van der Waals surface area contributed by atoms with Crippen molar-refractivity contribution in [2.24, 2.45) is 0 Å². The summed E-state index contributed by atoms with van der Waals surface area (Å²) in [6, 6.07) is 2.07. The second-order valence-electron chi connectivity index (χ2n) is 4.38. The fourth-order valence-corrected chi connectivity index (χ4v) is 3.15. The first-order chi connectivity index (χ1) is 7.03. The largest absolute Gasteiger partial charge is 0.367 e. The van der Waals surface area contributed by atoms with Crippen molar-refractivity contribution >= 4 is 17.1 Å². The average Bonchev–Trinajstić information content (AvgIpc) is 2.73. The van der Waals surface area contributed by atoms with Gasteiger partial charge in [0, 0.05) is 11.5 Å². The number of aryl methyl sites for hydroxylation is 2. The zero-order valence-electron chi connectivity index (χ0n) is 9.42. The Hall–Kier alpha value is -0.670. The van der Waals surface area contributed by atoms with Crippen LogP contribution in [0.5, 0.6) is 0 Å². The molecule has 1 aliphatic rings.